The van der Waals surface area contributed by atoms with Crippen LogP contribution in [0.2, 0.25) is 0 Å². The second-order valence-electron chi connectivity index (χ2n) is 4.59. The van der Waals surface area contributed by atoms with Crippen molar-refractivity contribution in [1.82, 2.24) is 10.2 Å². The highest BCUT2D eigenvalue weighted by molar-refractivity contribution is 5.77. The van der Waals surface area contributed by atoms with Gasteiger partial charge < -0.3 is 19.7 Å². The van der Waals surface area contributed by atoms with Gasteiger partial charge in [0.15, 0.2) is 6.61 Å². The summed E-state index contributed by atoms with van der Waals surface area (Å²) in [5, 5.41) is 2.77. The van der Waals surface area contributed by atoms with Crippen LogP contribution in [0.5, 0.6) is 5.75 Å². The van der Waals surface area contributed by atoms with E-state index in [0.717, 1.165) is 19.6 Å². The SMILES string of the molecule is CCN(CC)CCOCCNC(=O)COc1ccccc1. The molecule has 0 aliphatic carbocycles. The summed E-state index contributed by atoms with van der Waals surface area (Å²) >= 11 is 0. The molecule has 5 nitrogen and oxygen atoms in total. The van der Waals surface area contributed by atoms with Gasteiger partial charge in [-0.05, 0) is 25.2 Å². The van der Waals surface area contributed by atoms with E-state index in [9.17, 15) is 4.79 Å². The van der Waals surface area contributed by atoms with E-state index in [1.165, 1.54) is 0 Å². The number of likely N-dealkylation sites (N-methyl/N-ethyl adjacent to an activating group) is 1. The van der Waals surface area contributed by atoms with Gasteiger partial charge in [-0.25, -0.2) is 0 Å². The molecule has 1 rings (SSSR count). The van der Waals surface area contributed by atoms with Gasteiger partial charge in [0.1, 0.15) is 5.75 Å². The van der Waals surface area contributed by atoms with Gasteiger partial charge in [0, 0.05) is 13.1 Å². The summed E-state index contributed by atoms with van der Waals surface area (Å²) in [5.74, 6) is 0.564. The average Bonchev–Trinajstić information content (AvgIpc) is 2.53. The number of ether oxygens (including phenoxy) is 2. The van der Waals surface area contributed by atoms with Crippen molar-refractivity contribution in [2.75, 3.05) is 46.0 Å². The summed E-state index contributed by atoms with van der Waals surface area (Å²) in [5.41, 5.74) is 0. The molecule has 0 heterocycles. The van der Waals surface area contributed by atoms with Crippen molar-refractivity contribution in [3.05, 3.63) is 30.3 Å². The number of benzene rings is 1. The molecule has 21 heavy (non-hydrogen) atoms. The van der Waals surface area contributed by atoms with Crippen LogP contribution in [0.1, 0.15) is 13.8 Å². The molecular formula is C16H26N2O3. The van der Waals surface area contributed by atoms with E-state index in [4.69, 9.17) is 9.47 Å². The molecule has 0 aliphatic heterocycles. The largest absolute Gasteiger partial charge is 0.484 e. The number of nitrogens with zero attached hydrogens (tertiary/aromatic N) is 1. The van der Waals surface area contributed by atoms with Gasteiger partial charge in [-0.1, -0.05) is 32.0 Å². The monoisotopic (exact) mass is 294 g/mol. The maximum atomic E-state index is 11.6. The summed E-state index contributed by atoms with van der Waals surface area (Å²) < 4.78 is 10.8. The quantitative estimate of drug-likeness (QED) is 0.629. The van der Waals surface area contributed by atoms with Crippen LogP contribution < -0.4 is 10.1 Å². The molecule has 1 amide bonds. The van der Waals surface area contributed by atoms with E-state index in [0.29, 0.717) is 25.5 Å². The van der Waals surface area contributed by atoms with Crippen molar-refractivity contribution in [3.63, 3.8) is 0 Å². The number of hydrogen-bond donors (Lipinski definition) is 1. The maximum Gasteiger partial charge on any atom is 0.258 e. The van der Waals surface area contributed by atoms with Crippen molar-refractivity contribution in [1.29, 1.82) is 0 Å². The molecule has 0 fully saturated rings. The van der Waals surface area contributed by atoms with Crippen LogP contribution in [0.4, 0.5) is 0 Å². The van der Waals surface area contributed by atoms with Crippen molar-refractivity contribution in [3.8, 4) is 5.75 Å². The zero-order valence-electron chi connectivity index (χ0n) is 13.0. The van der Waals surface area contributed by atoms with Gasteiger partial charge in [-0.2, -0.15) is 0 Å². The number of nitrogens with one attached hydrogen (secondary N) is 1. The Morgan fingerprint density at radius 1 is 1.14 bits per heavy atom. The van der Waals surface area contributed by atoms with Crippen LogP contribution in [0, 0.1) is 0 Å². The molecule has 0 aromatic heterocycles. The second-order valence-corrected chi connectivity index (χ2v) is 4.59. The first kappa shape index (κ1) is 17.5. The molecule has 1 aromatic rings. The first-order chi connectivity index (χ1) is 10.3. The van der Waals surface area contributed by atoms with E-state index in [1.54, 1.807) is 0 Å². The smallest absolute Gasteiger partial charge is 0.258 e. The number of para-hydroxylation sites is 1. The topological polar surface area (TPSA) is 50.8 Å². The minimum Gasteiger partial charge on any atom is -0.484 e. The molecule has 118 valence electrons. The molecule has 0 saturated heterocycles. The van der Waals surface area contributed by atoms with E-state index in [1.807, 2.05) is 30.3 Å². The molecule has 0 atom stereocenters. The molecule has 5 heteroatoms. The molecule has 0 bridgehead atoms. The van der Waals surface area contributed by atoms with Crippen LogP contribution in [0.3, 0.4) is 0 Å². The third kappa shape index (κ3) is 8.32. The Morgan fingerprint density at radius 3 is 2.52 bits per heavy atom. The van der Waals surface area contributed by atoms with Gasteiger partial charge in [0.2, 0.25) is 0 Å². The first-order valence-electron chi connectivity index (χ1n) is 7.50. The normalized spacial score (nSPS) is 10.6. The molecule has 0 aliphatic rings. The molecule has 1 aromatic carbocycles. The lowest BCUT2D eigenvalue weighted by Gasteiger charge is -2.17. The fraction of sp³-hybridized carbons (Fsp3) is 0.562. The van der Waals surface area contributed by atoms with Gasteiger partial charge in [-0.15, -0.1) is 0 Å². The van der Waals surface area contributed by atoms with Crippen LogP contribution in [0.25, 0.3) is 0 Å². The average molecular weight is 294 g/mol. The Balaban J connectivity index is 1.98. The molecular weight excluding hydrogens is 268 g/mol. The third-order valence-electron chi connectivity index (χ3n) is 3.13. The molecule has 0 unspecified atom stereocenters. The number of carbonyl (C=O) groups excluding carboxylic acids is 1. The molecule has 1 N–H and O–H groups in total. The van der Waals surface area contributed by atoms with E-state index >= 15 is 0 Å². The van der Waals surface area contributed by atoms with Gasteiger partial charge in [0.05, 0.1) is 13.2 Å². The summed E-state index contributed by atoms with van der Waals surface area (Å²) in [6.45, 7) is 9.03. The fourth-order valence-electron chi connectivity index (χ4n) is 1.81. The Labute approximate surface area is 127 Å². The highest BCUT2D eigenvalue weighted by atomic mass is 16.5. The Hall–Kier alpha value is -1.59. The highest BCUT2D eigenvalue weighted by Crippen LogP contribution is 2.07. The van der Waals surface area contributed by atoms with Crippen LogP contribution >= 0.6 is 0 Å². The highest BCUT2D eigenvalue weighted by Gasteiger charge is 2.02. The maximum absolute atomic E-state index is 11.6. The van der Waals surface area contributed by atoms with Crippen LogP contribution in [0.15, 0.2) is 30.3 Å². The number of carbonyl (C=O) groups is 1. The van der Waals surface area contributed by atoms with Crippen LogP contribution in [-0.2, 0) is 9.53 Å². The summed E-state index contributed by atoms with van der Waals surface area (Å²) in [4.78, 5) is 13.8. The summed E-state index contributed by atoms with van der Waals surface area (Å²) in [6, 6.07) is 9.30. The summed E-state index contributed by atoms with van der Waals surface area (Å²) in [6.07, 6.45) is 0. The van der Waals surface area contributed by atoms with E-state index < -0.39 is 0 Å². The van der Waals surface area contributed by atoms with Gasteiger partial charge >= 0.3 is 0 Å². The van der Waals surface area contributed by atoms with Crippen molar-refractivity contribution in [2.24, 2.45) is 0 Å². The van der Waals surface area contributed by atoms with Crippen molar-refractivity contribution >= 4 is 5.91 Å². The number of hydrogen-bond acceptors (Lipinski definition) is 4. The zero-order chi connectivity index (χ0) is 15.3. The Morgan fingerprint density at radius 2 is 1.86 bits per heavy atom. The van der Waals surface area contributed by atoms with Crippen LogP contribution in [-0.4, -0.2) is 56.8 Å². The van der Waals surface area contributed by atoms with E-state index in [-0.39, 0.29) is 12.5 Å². The minimum absolute atomic E-state index is 0.0312. The number of rotatable bonds is 11. The number of amides is 1. The lowest BCUT2D eigenvalue weighted by Crippen LogP contribution is -2.32. The first-order valence-corrected chi connectivity index (χ1v) is 7.50. The molecule has 0 radical (unpaired) electrons. The zero-order valence-corrected chi connectivity index (χ0v) is 13.0. The van der Waals surface area contributed by atoms with Crippen molar-refractivity contribution in [2.45, 2.75) is 13.8 Å². The van der Waals surface area contributed by atoms with Gasteiger partial charge in [0.25, 0.3) is 5.91 Å². The Bertz CT molecular complexity index is 380. The van der Waals surface area contributed by atoms with Crippen molar-refractivity contribution < 1.29 is 14.3 Å². The lowest BCUT2D eigenvalue weighted by atomic mass is 10.3. The third-order valence-corrected chi connectivity index (χ3v) is 3.13. The predicted octanol–water partition coefficient (Wildman–Crippen LogP) is 1.54. The second kappa shape index (κ2) is 11.1. The van der Waals surface area contributed by atoms with E-state index in [2.05, 4.69) is 24.1 Å². The molecule has 0 spiro atoms. The minimum atomic E-state index is -0.133. The Kier molecular flexibility index (Phi) is 9.24. The standard InChI is InChI=1S/C16H26N2O3/c1-3-18(4-2)11-13-20-12-10-17-16(19)14-21-15-8-6-5-7-9-15/h5-9H,3-4,10-14H2,1-2H3,(H,17,19). The fourth-order valence-corrected chi connectivity index (χ4v) is 1.81. The van der Waals surface area contributed by atoms with Gasteiger partial charge in [-0.3, -0.25) is 4.79 Å². The predicted molar refractivity (Wildman–Crippen MR) is 83.6 cm³/mol. The summed E-state index contributed by atoms with van der Waals surface area (Å²) in [7, 11) is 0. The molecule has 0 saturated carbocycles. The lowest BCUT2D eigenvalue weighted by molar-refractivity contribution is -0.123.